The Morgan fingerprint density at radius 2 is 2.35 bits per heavy atom. The van der Waals surface area contributed by atoms with Crippen LogP contribution < -0.4 is 10.6 Å². The van der Waals surface area contributed by atoms with Crippen molar-refractivity contribution in [1.82, 2.24) is 9.38 Å². The van der Waals surface area contributed by atoms with Gasteiger partial charge < -0.3 is 5.73 Å². The summed E-state index contributed by atoms with van der Waals surface area (Å²) in [6, 6.07) is 5.77. The first-order valence-corrected chi connectivity index (χ1v) is 5.72. The molecule has 2 aromatic heterocycles. The maximum atomic E-state index is 11.9. The fourth-order valence-corrected chi connectivity index (χ4v) is 2.31. The maximum Gasteiger partial charge on any atom is 0.228 e. The van der Waals surface area contributed by atoms with E-state index >= 15 is 0 Å². The van der Waals surface area contributed by atoms with E-state index in [1.165, 1.54) is 0 Å². The average molecular weight is 230 g/mol. The molecule has 1 unspecified atom stereocenters. The zero-order valence-electron chi connectivity index (χ0n) is 9.41. The summed E-state index contributed by atoms with van der Waals surface area (Å²) >= 11 is 0. The molecule has 1 amide bonds. The second-order valence-corrected chi connectivity index (χ2v) is 4.35. The van der Waals surface area contributed by atoms with Crippen molar-refractivity contribution in [3.05, 3.63) is 30.6 Å². The monoisotopic (exact) mass is 230 g/mol. The predicted octanol–water partition coefficient (Wildman–Crippen LogP) is 0.646. The molecule has 1 saturated heterocycles. The molecule has 17 heavy (non-hydrogen) atoms. The number of carbonyl (C=O) groups excluding carboxylic acids is 1. The lowest BCUT2D eigenvalue weighted by Gasteiger charge is -2.17. The Kier molecular flexibility index (Phi) is 2.33. The van der Waals surface area contributed by atoms with Crippen LogP contribution in [0.4, 0.5) is 5.82 Å². The highest BCUT2D eigenvalue weighted by Crippen LogP contribution is 2.24. The molecule has 88 valence electrons. The molecule has 1 aliphatic rings. The van der Waals surface area contributed by atoms with E-state index in [4.69, 9.17) is 5.73 Å². The van der Waals surface area contributed by atoms with Crippen molar-refractivity contribution in [3.8, 4) is 0 Å². The van der Waals surface area contributed by atoms with E-state index in [0.29, 0.717) is 19.5 Å². The van der Waals surface area contributed by atoms with Crippen LogP contribution in [0.1, 0.15) is 6.42 Å². The van der Waals surface area contributed by atoms with E-state index in [-0.39, 0.29) is 11.8 Å². The second-order valence-electron chi connectivity index (χ2n) is 4.35. The number of anilines is 1. The minimum atomic E-state index is 0.140. The molecular weight excluding hydrogens is 216 g/mol. The van der Waals surface area contributed by atoms with E-state index < -0.39 is 0 Å². The van der Waals surface area contributed by atoms with Crippen LogP contribution in [-0.4, -0.2) is 28.4 Å². The summed E-state index contributed by atoms with van der Waals surface area (Å²) in [6.07, 6.45) is 4.15. The number of carbonyl (C=O) groups is 1. The van der Waals surface area contributed by atoms with Gasteiger partial charge in [0, 0.05) is 25.4 Å². The van der Waals surface area contributed by atoms with Gasteiger partial charge in [-0.1, -0.05) is 6.07 Å². The summed E-state index contributed by atoms with van der Waals surface area (Å²) in [6.45, 7) is 1.26. The van der Waals surface area contributed by atoms with Gasteiger partial charge in [-0.15, -0.1) is 0 Å². The molecule has 5 heteroatoms. The highest BCUT2D eigenvalue weighted by atomic mass is 16.2. The lowest BCUT2D eigenvalue weighted by Crippen LogP contribution is -2.27. The molecule has 0 radical (unpaired) electrons. The molecule has 2 N–H and O–H groups in total. The van der Waals surface area contributed by atoms with Gasteiger partial charge in [0.25, 0.3) is 0 Å². The zero-order chi connectivity index (χ0) is 11.8. The topological polar surface area (TPSA) is 63.6 Å². The van der Waals surface area contributed by atoms with Crippen LogP contribution in [0.15, 0.2) is 30.6 Å². The van der Waals surface area contributed by atoms with Crippen molar-refractivity contribution < 1.29 is 4.79 Å². The SMILES string of the molecule is NCC1CC(=O)N(c2cccc3nccn23)C1. The summed E-state index contributed by atoms with van der Waals surface area (Å²) in [4.78, 5) is 18.0. The molecule has 1 fully saturated rings. The molecule has 3 rings (SSSR count). The first-order chi connectivity index (χ1) is 8.29. The number of nitrogens with zero attached hydrogens (tertiary/aromatic N) is 3. The van der Waals surface area contributed by atoms with Crippen molar-refractivity contribution in [1.29, 1.82) is 0 Å². The summed E-state index contributed by atoms with van der Waals surface area (Å²) in [7, 11) is 0. The third-order valence-corrected chi connectivity index (χ3v) is 3.22. The van der Waals surface area contributed by atoms with E-state index in [0.717, 1.165) is 11.5 Å². The van der Waals surface area contributed by atoms with E-state index in [9.17, 15) is 4.79 Å². The van der Waals surface area contributed by atoms with Crippen LogP contribution in [0.3, 0.4) is 0 Å². The lowest BCUT2D eigenvalue weighted by atomic mass is 10.1. The van der Waals surface area contributed by atoms with E-state index in [1.807, 2.05) is 28.8 Å². The summed E-state index contributed by atoms with van der Waals surface area (Å²) in [5, 5.41) is 0. The van der Waals surface area contributed by atoms with Crippen molar-refractivity contribution in [2.45, 2.75) is 6.42 Å². The molecule has 0 aromatic carbocycles. The molecule has 5 nitrogen and oxygen atoms in total. The Labute approximate surface area is 98.8 Å². The highest BCUT2D eigenvalue weighted by molar-refractivity contribution is 5.95. The molecule has 3 heterocycles. The van der Waals surface area contributed by atoms with Crippen molar-refractivity contribution in [2.75, 3.05) is 18.0 Å². The Hall–Kier alpha value is -1.88. The first-order valence-electron chi connectivity index (χ1n) is 5.72. The summed E-state index contributed by atoms with van der Waals surface area (Å²) in [5.74, 6) is 1.28. The predicted molar refractivity (Wildman–Crippen MR) is 64.7 cm³/mol. The molecule has 2 aromatic rings. The summed E-state index contributed by atoms with van der Waals surface area (Å²) in [5.41, 5.74) is 6.48. The highest BCUT2D eigenvalue weighted by Gasteiger charge is 2.30. The number of pyridine rings is 1. The quantitative estimate of drug-likeness (QED) is 0.823. The molecular formula is C12H14N4O. The number of aromatic nitrogens is 2. The normalized spacial score (nSPS) is 20.4. The number of fused-ring (bicyclic) bond motifs is 1. The number of amides is 1. The Bertz CT molecular complexity index is 562. The Morgan fingerprint density at radius 1 is 1.47 bits per heavy atom. The van der Waals surface area contributed by atoms with Crippen LogP contribution in [0.2, 0.25) is 0 Å². The largest absolute Gasteiger partial charge is 0.330 e. The van der Waals surface area contributed by atoms with Gasteiger partial charge in [-0.05, 0) is 24.6 Å². The van der Waals surface area contributed by atoms with Gasteiger partial charge in [-0.3, -0.25) is 14.1 Å². The summed E-state index contributed by atoms with van der Waals surface area (Å²) < 4.78 is 1.93. The van der Waals surface area contributed by atoms with Gasteiger partial charge in [-0.2, -0.15) is 0 Å². The van der Waals surface area contributed by atoms with Gasteiger partial charge in [0.2, 0.25) is 5.91 Å². The van der Waals surface area contributed by atoms with Crippen LogP contribution in [0.25, 0.3) is 5.65 Å². The zero-order valence-corrected chi connectivity index (χ0v) is 9.41. The van der Waals surface area contributed by atoms with Crippen LogP contribution in [-0.2, 0) is 4.79 Å². The van der Waals surface area contributed by atoms with Crippen molar-refractivity contribution in [2.24, 2.45) is 11.7 Å². The van der Waals surface area contributed by atoms with Gasteiger partial charge in [-0.25, -0.2) is 4.98 Å². The lowest BCUT2D eigenvalue weighted by molar-refractivity contribution is -0.117. The fourth-order valence-electron chi connectivity index (χ4n) is 2.31. The third kappa shape index (κ3) is 1.59. The van der Waals surface area contributed by atoms with Crippen LogP contribution in [0.5, 0.6) is 0 Å². The minimum Gasteiger partial charge on any atom is -0.330 e. The Morgan fingerprint density at radius 3 is 3.12 bits per heavy atom. The number of imidazole rings is 1. The van der Waals surface area contributed by atoms with Crippen LogP contribution >= 0.6 is 0 Å². The minimum absolute atomic E-state index is 0.140. The molecule has 1 atom stereocenters. The molecule has 0 aliphatic carbocycles. The smallest absolute Gasteiger partial charge is 0.228 e. The van der Waals surface area contributed by atoms with E-state index in [2.05, 4.69) is 4.98 Å². The number of nitrogens with two attached hydrogens (primary N) is 1. The van der Waals surface area contributed by atoms with Gasteiger partial charge in [0.1, 0.15) is 11.5 Å². The first kappa shape index (κ1) is 10.3. The Balaban J connectivity index is 2.04. The second kappa shape index (κ2) is 3.85. The average Bonchev–Trinajstić information content (AvgIpc) is 2.94. The molecule has 0 spiro atoms. The van der Waals surface area contributed by atoms with E-state index in [1.54, 1.807) is 11.1 Å². The molecule has 0 saturated carbocycles. The van der Waals surface area contributed by atoms with Gasteiger partial charge >= 0.3 is 0 Å². The third-order valence-electron chi connectivity index (χ3n) is 3.22. The fraction of sp³-hybridized carbons (Fsp3) is 0.333. The van der Waals surface area contributed by atoms with Crippen molar-refractivity contribution >= 4 is 17.4 Å². The molecule has 0 bridgehead atoms. The van der Waals surface area contributed by atoms with Gasteiger partial charge in [0.05, 0.1) is 0 Å². The van der Waals surface area contributed by atoms with Gasteiger partial charge in [0.15, 0.2) is 0 Å². The standard InChI is InChI=1S/C12H14N4O/c13-7-9-6-12(17)16(8-9)11-3-1-2-10-14-4-5-15(10)11/h1-5,9H,6-8,13H2. The number of rotatable bonds is 2. The van der Waals surface area contributed by atoms with Crippen LogP contribution in [0, 0.1) is 5.92 Å². The van der Waals surface area contributed by atoms with Crippen molar-refractivity contribution in [3.63, 3.8) is 0 Å². The molecule has 1 aliphatic heterocycles. The number of hydrogen-bond acceptors (Lipinski definition) is 3. The maximum absolute atomic E-state index is 11.9. The number of hydrogen-bond donors (Lipinski definition) is 1.